The van der Waals surface area contributed by atoms with Gasteiger partial charge in [0.25, 0.3) is 11.7 Å². The topological polar surface area (TPSA) is 110 Å². The molecule has 1 aromatic rings. The van der Waals surface area contributed by atoms with E-state index in [0.29, 0.717) is 24.2 Å². The first-order chi connectivity index (χ1) is 12.3. The summed E-state index contributed by atoms with van der Waals surface area (Å²) in [6.07, 6.45) is 1.34. The van der Waals surface area contributed by atoms with Crippen LogP contribution in [0.25, 0.3) is 0 Å². The number of hydrogen-bond donors (Lipinski definition) is 2. The lowest BCUT2D eigenvalue weighted by Crippen LogP contribution is -2.33. The molecule has 2 N–H and O–H groups in total. The van der Waals surface area contributed by atoms with E-state index in [1.807, 2.05) is 0 Å². The molecule has 0 aromatic heterocycles. The Bertz CT molecular complexity index is 740. The van der Waals surface area contributed by atoms with Gasteiger partial charge in [-0.2, -0.15) is 0 Å². The summed E-state index contributed by atoms with van der Waals surface area (Å²) >= 11 is 0. The molecule has 0 fully saturated rings. The molecule has 7 nitrogen and oxygen atoms in total. The van der Waals surface area contributed by atoms with Crippen molar-refractivity contribution in [2.75, 3.05) is 7.11 Å². The molecule has 0 aliphatic carbocycles. The van der Waals surface area contributed by atoms with Gasteiger partial charge in [0.2, 0.25) is 11.6 Å². The van der Waals surface area contributed by atoms with E-state index in [-0.39, 0.29) is 43.0 Å². The molecular weight excluding hydrogens is 338 g/mol. The van der Waals surface area contributed by atoms with Crippen LogP contribution in [0.4, 0.5) is 0 Å². The number of aryl methyl sites for hydroxylation is 1. The number of ether oxygens (including phenoxy) is 1. The molecule has 1 aliphatic heterocycles. The van der Waals surface area contributed by atoms with Crippen LogP contribution in [0.3, 0.4) is 0 Å². The molecule has 0 spiro atoms. The number of carbonyl (C=O) groups excluding carboxylic acids is 4. The Morgan fingerprint density at radius 2 is 1.69 bits per heavy atom. The SMILES string of the molecule is COc1cc(O)c2c(c1)CCCC(=O)C(=O)C(=O)CCC[C@H](C)NC2=O. The Hall–Kier alpha value is -2.70. The van der Waals surface area contributed by atoms with Crippen LogP contribution in [-0.4, -0.2) is 41.5 Å². The molecule has 26 heavy (non-hydrogen) atoms. The molecule has 1 aliphatic rings. The summed E-state index contributed by atoms with van der Waals surface area (Å²) in [5, 5.41) is 13.1. The van der Waals surface area contributed by atoms with E-state index in [1.54, 1.807) is 13.0 Å². The Balaban J connectivity index is 2.35. The molecule has 1 aromatic carbocycles. The van der Waals surface area contributed by atoms with E-state index in [9.17, 15) is 24.3 Å². The molecular formula is C19H23NO6. The smallest absolute Gasteiger partial charge is 0.264 e. The second-order valence-corrected chi connectivity index (χ2v) is 6.48. The van der Waals surface area contributed by atoms with Crippen LogP contribution >= 0.6 is 0 Å². The normalized spacial score (nSPS) is 20.2. The van der Waals surface area contributed by atoms with Crippen molar-refractivity contribution in [3.63, 3.8) is 0 Å². The van der Waals surface area contributed by atoms with E-state index in [2.05, 4.69) is 5.32 Å². The Kier molecular flexibility index (Phi) is 6.49. The molecule has 0 unspecified atom stereocenters. The van der Waals surface area contributed by atoms with Crippen LogP contribution in [0.15, 0.2) is 12.1 Å². The van der Waals surface area contributed by atoms with Gasteiger partial charge in [0.1, 0.15) is 11.5 Å². The van der Waals surface area contributed by atoms with Gasteiger partial charge in [0, 0.05) is 24.9 Å². The summed E-state index contributed by atoms with van der Waals surface area (Å²) in [5.41, 5.74) is 0.666. The summed E-state index contributed by atoms with van der Waals surface area (Å²) in [6, 6.07) is 2.74. The van der Waals surface area contributed by atoms with Gasteiger partial charge in [-0.05, 0) is 44.2 Å². The number of ketones is 3. The zero-order valence-corrected chi connectivity index (χ0v) is 15.0. The van der Waals surface area contributed by atoms with Gasteiger partial charge in [-0.25, -0.2) is 0 Å². The van der Waals surface area contributed by atoms with Crippen LogP contribution in [0.2, 0.25) is 0 Å². The fraction of sp³-hybridized carbons (Fsp3) is 0.474. The molecule has 1 atom stereocenters. The first-order valence-corrected chi connectivity index (χ1v) is 8.64. The van der Waals surface area contributed by atoms with Crippen LogP contribution in [0.5, 0.6) is 11.5 Å². The minimum Gasteiger partial charge on any atom is -0.507 e. The molecule has 0 saturated heterocycles. The summed E-state index contributed by atoms with van der Waals surface area (Å²) < 4.78 is 5.12. The number of hydrogen-bond acceptors (Lipinski definition) is 6. The van der Waals surface area contributed by atoms with Gasteiger partial charge < -0.3 is 15.2 Å². The van der Waals surface area contributed by atoms with Crippen LogP contribution < -0.4 is 10.1 Å². The molecule has 1 amide bonds. The van der Waals surface area contributed by atoms with Crippen molar-refractivity contribution in [3.8, 4) is 11.5 Å². The minimum atomic E-state index is -0.951. The zero-order chi connectivity index (χ0) is 19.3. The maximum Gasteiger partial charge on any atom is 0.264 e. The standard InChI is InChI=1S/C19H23NO6/c1-11-5-3-7-14(21)18(24)15(22)8-4-6-12-9-13(26-2)10-16(23)17(12)19(25)20-11/h9-11,23H,3-8H2,1-2H3,(H,20,25)/t11-/m0/s1. The fourth-order valence-corrected chi connectivity index (χ4v) is 2.99. The van der Waals surface area contributed by atoms with Crippen molar-refractivity contribution in [1.82, 2.24) is 5.32 Å². The third-order valence-corrected chi connectivity index (χ3v) is 4.41. The van der Waals surface area contributed by atoms with Crippen LogP contribution in [0, 0.1) is 0 Å². The van der Waals surface area contributed by atoms with Gasteiger partial charge in [0.15, 0.2) is 0 Å². The second-order valence-electron chi connectivity index (χ2n) is 6.48. The number of amides is 1. The highest BCUT2D eigenvalue weighted by Crippen LogP contribution is 2.29. The second kappa shape index (κ2) is 8.60. The number of Topliss-reactive ketones (excluding diaryl/α,β-unsaturated/α-hetero) is 3. The molecule has 7 heteroatoms. The highest BCUT2D eigenvalue weighted by atomic mass is 16.5. The predicted octanol–water partition coefficient (Wildman–Crippen LogP) is 1.73. The average Bonchev–Trinajstić information content (AvgIpc) is 2.59. The molecule has 2 rings (SSSR count). The number of aromatic hydroxyl groups is 1. The van der Waals surface area contributed by atoms with E-state index < -0.39 is 23.3 Å². The van der Waals surface area contributed by atoms with Crippen molar-refractivity contribution < 1.29 is 29.0 Å². The number of fused-ring (bicyclic) bond motifs is 1. The molecule has 0 radical (unpaired) electrons. The lowest BCUT2D eigenvalue weighted by Gasteiger charge is -2.18. The number of methoxy groups -OCH3 is 1. The quantitative estimate of drug-likeness (QED) is 0.737. The van der Waals surface area contributed by atoms with Crippen molar-refractivity contribution in [3.05, 3.63) is 23.3 Å². The van der Waals surface area contributed by atoms with E-state index in [4.69, 9.17) is 4.74 Å². The number of carbonyl (C=O) groups is 4. The van der Waals surface area contributed by atoms with Crippen LogP contribution in [-0.2, 0) is 20.8 Å². The third kappa shape index (κ3) is 4.68. The van der Waals surface area contributed by atoms with Crippen molar-refractivity contribution in [2.24, 2.45) is 0 Å². The molecule has 140 valence electrons. The van der Waals surface area contributed by atoms with Crippen LogP contribution in [0.1, 0.15) is 54.9 Å². The monoisotopic (exact) mass is 361 g/mol. The summed E-state index contributed by atoms with van der Waals surface area (Å²) in [4.78, 5) is 48.1. The average molecular weight is 361 g/mol. The van der Waals surface area contributed by atoms with Crippen molar-refractivity contribution >= 4 is 23.3 Å². The first kappa shape index (κ1) is 19.6. The maximum absolute atomic E-state index is 12.6. The van der Waals surface area contributed by atoms with Gasteiger partial charge in [-0.3, -0.25) is 19.2 Å². The molecule has 1 heterocycles. The summed E-state index contributed by atoms with van der Waals surface area (Å²) in [7, 11) is 1.44. The minimum absolute atomic E-state index is 0.0101. The maximum atomic E-state index is 12.6. The number of benzene rings is 1. The van der Waals surface area contributed by atoms with E-state index in [0.717, 1.165) is 0 Å². The molecule has 0 saturated carbocycles. The molecule has 0 bridgehead atoms. The largest absolute Gasteiger partial charge is 0.507 e. The Morgan fingerprint density at radius 1 is 1.04 bits per heavy atom. The Labute approximate surface area is 151 Å². The number of nitrogens with one attached hydrogen (secondary N) is 1. The summed E-state index contributed by atoms with van der Waals surface area (Å²) in [6.45, 7) is 1.78. The lowest BCUT2D eigenvalue weighted by atomic mass is 9.96. The number of phenols is 1. The van der Waals surface area contributed by atoms with E-state index in [1.165, 1.54) is 13.2 Å². The van der Waals surface area contributed by atoms with Gasteiger partial charge >= 0.3 is 0 Å². The fourth-order valence-electron chi connectivity index (χ4n) is 2.99. The van der Waals surface area contributed by atoms with Gasteiger partial charge in [0.05, 0.1) is 12.7 Å². The number of phenolic OH excluding ortho intramolecular Hbond substituents is 1. The van der Waals surface area contributed by atoms with Gasteiger partial charge in [-0.1, -0.05) is 0 Å². The predicted molar refractivity (Wildman–Crippen MR) is 93.4 cm³/mol. The highest BCUT2D eigenvalue weighted by Gasteiger charge is 2.24. The lowest BCUT2D eigenvalue weighted by molar-refractivity contribution is -0.144. The first-order valence-electron chi connectivity index (χ1n) is 8.64. The number of rotatable bonds is 1. The zero-order valence-electron chi connectivity index (χ0n) is 15.0. The van der Waals surface area contributed by atoms with Crippen molar-refractivity contribution in [1.29, 1.82) is 0 Å². The van der Waals surface area contributed by atoms with Crippen molar-refractivity contribution in [2.45, 2.75) is 51.5 Å². The van der Waals surface area contributed by atoms with E-state index >= 15 is 0 Å². The Morgan fingerprint density at radius 3 is 2.35 bits per heavy atom. The summed E-state index contributed by atoms with van der Waals surface area (Å²) in [5.74, 6) is -2.57. The highest BCUT2D eigenvalue weighted by molar-refractivity contribution is 6.63. The third-order valence-electron chi connectivity index (χ3n) is 4.41. The van der Waals surface area contributed by atoms with Gasteiger partial charge in [-0.15, -0.1) is 0 Å².